The van der Waals surface area contributed by atoms with Crippen molar-refractivity contribution in [1.29, 1.82) is 0 Å². The molecule has 0 aliphatic rings. The molecule has 70 heavy (non-hydrogen) atoms. The minimum atomic E-state index is -0.843. The van der Waals surface area contributed by atoms with Gasteiger partial charge in [0.25, 0.3) is 0 Å². The van der Waals surface area contributed by atoms with Crippen molar-refractivity contribution in [1.82, 2.24) is 5.32 Å². The molecule has 0 aromatic rings. The van der Waals surface area contributed by atoms with Crippen LogP contribution in [0, 0.1) is 0 Å². The number of aliphatic hydroxyl groups is 2. The molecule has 0 fully saturated rings. The summed E-state index contributed by atoms with van der Waals surface area (Å²) in [7, 11) is 0. The maximum absolute atomic E-state index is 12.5. The van der Waals surface area contributed by atoms with Crippen LogP contribution in [0.3, 0.4) is 0 Å². The van der Waals surface area contributed by atoms with Crippen molar-refractivity contribution in [2.24, 2.45) is 0 Å². The van der Waals surface area contributed by atoms with Gasteiger partial charge < -0.3 is 20.3 Å². The number of esters is 1. The highest BCUT2D eigenvalue weighted by Crippen LogP contribution is 2.18. The van der Waals surface area contributed by atoms with Crippen LogP contribution in [0.25, 0.3) is 0 Å². The summed E-state index contributed by atoms with van der Waals surface area (Å²) in [5, 5.41) is 23.2. The van der Waals surface area contributed by atoms with Crippen molar-refractivity contribution in [3.05, 3.63) is 12.2 Å². The molecular formula is C64H125NO5. The second kappa shape index (κ2) is 60.2. The monoisotopic (exact) mass is 988 g/mol. The average Bonchev–Trinajstić information content (AvgIpc) is 3.36. The molecule has 0 aromatic carbocycles. The summed E-state index contributed by atoms with van der Waals surface area (Å²) in [6.07, 6.45) is 72.6. The number of nitrogens with one attached hydrogen (secondary N) is 1. The van der Waals surface area contributed by atoms with Crippen molar-refractivity contribution in [3.8, 4) is 0 Å². The van der Waals surface area contributed by atoms with Crippen LogP contribution in [-0.4, -0.2) is 47.4 Å². The highest BCUT2D eigenvalue weighted by Gasteiger charge is 2.18. The third-order valence-electron chi connectivity index (χ3n) is 15.1. The first kappa shape index (κ1) is 68.6. The number of allylic oxidation sites excluding steroid dienone is 1. The average molecular weight is 989 g/mol. The first-order valence-electron chi connectivity index (χ1n) is 32.0. The number of amides is 1. The fourth-order valence-electron chi connectivity index (χ4n) is 10.2. The van der Waals surface area contributed by atoms with Crippen LogP contribution in [0.2, 0.25) is 0 Å². The molecule has 0 radical (unpaired) electrons. The maximum atomic E-state index is 12.5. The smallest absolute Gasteiger partial charge is 0.305 e. The molecule has 0 aromatic heterocycles. The van der Waals surface area contributed by atoms with Gasteiger partial charge in [0.1, 0.15) is 0 Å². The lowest BCUT2D eigenvalue weighted by Gasteiger charge is -2.20. The fourth-order valence-corrected chi connectivity index (χ4v) is 10.2. The minimum absolute atomic E-state index is 0.0153. The molecule has 0 saturated carbocycles. The number of carbonyl (C=O) groups is 2. The van der Waals surface area contributed by atoms with Gasteiger partial charge in [-0.2, -0.15) is 0 Å². The molecule has 0 heterocycles. The van der Waals surface area contributed by atoms with Gasteiger partial charge in [-0.25, -0.2) is 0 Å². The van der Waals surface area contributed by atoms with E-state index in [4.69, 9.17) is 4.74 Å². The summed E-state index contributed by atoms with van der Waals surface area (Å²) >= 11 is 0. The van der Waals surface area contributed by atoms with Crippen LogP contribution >= 0.6 is 0 Å². The van der Waals surface area contributed by atoms with E-state index in [9.17, 15) is 19.8 Å². The summed E-state index contributed by atoms with van der Waals surface area (Å²) in [6, 6.07) is -0.626. The van der Waals surface area contributed by atoms with E-state index in [0.29, 0.717) is 19.4 Å². The van der Waals surface area contributed by atoms with E-state index < -0.39 is 12.1 Å². The van der Waals surface area contributed by atoms with Gasteiger partial charge >= 0.3 is 5.97 Å². The zero-order valence-electron chi connectivity index (χ0n) is 47.5. The van der Waals surface area contributed by atoms with E-state index in [1.54, 1.807) is 6.08 Å². The SMILES string of the molecule is CCCCCCCCCCCCCCCCCC/C=C/C(O)C(CO)NC(=O)CCCCCCCCCCCCCCCCCCCCCCCCCCOC(=O)CCCCCCCCCCCCC. The van der Waals surface area contributed by atoms with Gasteiger partial charge in [0.2, 0.25) is 5.91 Å². The quantitative estimate of drug-likeness (QED) is 0.0321. The van der Waals surface area contributed by atoms with Crippen LogP contribution in [0.4, 0.5) is 0 Å². The van der Waals surface area contributed by atoms with Crippen LogP contribution in [0.5, 0.6) is 0 Å². The molecule has 6 heteroatoms. The molecule has 2 unspecified atom stereocenters. The molecule has 0 aliphatic heterocycles. The highest BCUT2D eigenvalue weighted by molar-refractivity contribution is 5.76. The molecule has 6 nitrogen and oxygen atoms in total. The van der Waals surface area contributed by atoms with Crippen molar-refractivity contribution >= 4 is 11.9 Å². The highest BCUT2D eigenvalue weighted by atomic mass is 16.5. The number of unbranched alkanes of at least 4 members (excludes halogenated alkanes) is 49. The van der Waals surface area contributed by atoms with E-state index in [1.165, 1.54) is 295 Å². The molecule has 0 spiro atoms. The normalized spacial score (nSPS) is 12.6. The molecule has 0 bridgehead atoms. The number of ether oxygens (including phenoxy) is 1. The molecule has 0 rings (SSSR count). The number of hydrogen-bond donors (Lipinski definition) is 3. The van der Waals surface area contributed by atoms with Crippen LogP contribution in [0.1, 0.15) is 361 Å². The standard InChI is InChI=1S/C64H125NO5/c1-3-5-7-9-11-13-15-16-17-18-27-30-33-37-40-44-48-52-56-62(67)61(60-66)65-63(68)57-53-49-45-41-38-34-31-28-25-23-21-19-20-22-24-26-29-32-35-39-43-47-51-55-59-70-64(69)58-54-50-46-42-36-14-12-10-8-6-4-2/h52,56,61-62,66-67H,3-51,53-55,57-60H2,1-2H3,(H,65,68)/b56-52+. The van der Waals surface area contributed by atoms with Crippen LogP contribution < -0.4 is 5.32 Å². The predicted octanol–water partition coefficient (Wildman–Crippen LogP) is 20.0. The van der Waals surface area contributed by atoms with E-state index in [2.05, 4.69) is 19.2 Å². The zero-order valence-corrected chi connectivity index (χ0v) is 47.5. The van der Waals surface area contributed by atoms with Crippen LogP contribution in [-0.2, 0) is 14.3 Å². The van der Waals surface area contributed by atoms with E-state index in [1.807, 2.05) is 6.08 Å². The second-order valence-electron chi connectivity index (χ2n) is 22.1. The van der Waals surface area contributed by atoms with E-state index in [-0.39, 0.29) is 18.5 Å². The lowest BCUT2D eigenvalue weighted by molar-refractivity contribution is -0.143. The van der Waals surface area contributed by atoms with Gasteiger partial charge in [0.05, 0.1) is 25.4 Å². The zero-order chi connectivity index (χ0) is 50.7. The number of carbonyl (C=O) groups excluding carboxylic acids is 2. The Morgan fingerprint density at radius 1 is 0.386 bits per heavy atom. The largest absolute Gasteiger partial charge is 0.466 e. The molecule has 2 atom stereocenters. The molecule has 416 valence electrons. The Labute approximate surface area is 438 Å². The Balaban J connectivity index is 3.39. The van der Waals surface area contributed by atoms with Crippen molar-refractivity contribution in [3.63, 3.8) is 0 Å². The lowest BCUT2D eigenvalue weighted by Crippen LogP contribution is -2.45. The van der Waals surface area contributed by atoms with Gasteiger partial charge in [-0.1, -0.05) is 328 Å². The van der Waals surface area contributed by atoms with E-state index >= 15 is 0 Å². The topological polar surface area (TPSA) is 95.9 Å². The van der Waals surface area contributed by atoms with Crippen LogP contribution in [0.15, 0.2) is 12.2 Å². The summed E-state index contributed by atoms with van der Waals surface area (Å²) in [5.41, 5.74) is 0. The summed E-state index contributed by atoms with van der Waals surface area (Å²) < 4.78 is 5.47. The number of rotatable bonds is 60. The molecule has 1 amide bonds. The van der Waals surface area contributed by atoms with Crippen molar-refractivity contribution in [2.75, 3.05) is 13.2 Å². The van der Waals surface area contributed by atoms with Crippen molar-refractivity contribution in [2.45, 2.75) is 373 Å². The molecular weight excluding hydrogens is 863 g/mol. The molecule has 0 saturated heterocycles. The minimum Gasteiger partial charge on any atom is -0.466 e. The Morgan fingerprint density at radius 2 is 0.657 bits per heavy atom. The van der Waals surface area contributed by atoms with E-state index in [0.717, 1.165) is 38.5 Å². The third kappa shape index (κ3) is 55.9. The molecule has 3 N–H and O–H groups in total. The van der Waals surface area contributed by atoms with Crippen molar-refractivity contribution < 1.29 is 24.5 Å². The first-order valence-corrected chi connectivity index (χ1v) is 32.0. The third-order valence-corrected chi connectivity index (χ3v) is 15.1. The first-order chi connectivity index (χ1) is 34.5. The lowest BCUT2D eigenvalue weighted by atomic mass is 10.0. The Hall–Kier alpha value is -1.40. The summed E-state index contributed by atoms with van der Waals surface area (Å²) in [6.45, 7) is 4.93. The van der Waals surface area contributed by atoms with Gasteiger partial charge in [-0.3, -0.25) is 9.59 Å². The van der Waals surface area contributed by atoms with Gasteiger partial charge in [0.15, 0.2) is 0 Å². The summed E-state index contributed by atoms with van der Waals surface area (Å²) in [5.74, 6) is -0.0481. The van der Waals surface area contributed by atoms with Gasteiger partial charge in [0, 0.05) is 12.8 Å². The Morgan fingerprint density at radius 3 is 0.971 bits per heavy atom. The van der Waals surface area contributed by atoms with Gasteiger partial charge in [-0.15, -0.1) is 0 Å². The Kier molecular flexibility index (Phi) is 59.0. The summed E-state index contributed by atoms with van der Waals surface area (Å²) in [4.78, 5) is 24.5. The number of aliphatic hydroxyl groups excluding tert-OH is 2. The number of hydrogen-bond acceptors (Lipinski definition) is 5. The Bertz CT molecular complexity index is 1050. The second-order valence-corrected chi connectivity index (χ2v) is 22.1. The maximum Gasteiger partial charge on any atom is 0.305 e. The fraction of sp³-hybridized carbons (Fsp3) is 0.938. The molecule has 0 aliphatic carbocycles. The van der Waals surface area contributed by atoms with Gasteiger partial charge in [-0.05, 0) is 32.1 Å². The predicted molar refractivity (Wildman–Crippen MR) is 306 cm³/mol.